The van der Waals surface area contributed by atoms with Crippen LogP contribution in [0.25, 0.3) is 0 Å². The molecule has 2 aliphatic rings. The molecule has 0 aliphatic heterocycles. The molecule has 78 heavy (non-hydrogen) atoms. The third-order valence-corrected chi connectivity index (χ3v) is 14.9. The second-order valence-electron chi connectivity index (χ2n) is 20.4. The number of rotatable bonds is 26. The topological polar surface area (TPSA) is 150 Å². The van der Waals surface area contributed by atoms with E-state index in [0.29, 0.717) is 52.7 Å². The molecule has 2 fully saturated rings. The van der Waals surface area contributed by atoms with Crippen LogP contribution >= 0.6 is 7.82 Å². The van der Waals surface area contributed by atoms with Crippen molar-refractivity contribution in [2.24, 2.45) is 0 Å². The fraction of sp³-hybridized carbons (Fsp3) is 0.477. The number of phosphoric ester groups is 1. The number of hydrogen-bond acceptors (Lipinski definition) is 12. The van der Waals surface area contributed by atoms with Crippen LogP contribution < -0.4 is 13.6 Å². The van der Waals surface area contributed by atoms with Crippen LogP contribution in [0.2, 0.25) is 0 Å². The standard InChI is InChI=1S/C24H38O4.C21H21O4P.C20H26O4/c1-3-5-7-9-11-15-19-27-23(25)21-17-13-14-18-22(21)24(26)28-20-16-12-10-8-6-4-2;1-16-4-10-19(11-5-16)23-26(22,24-20-12-6-17(2)7-13-20)25-21-14-8-18(3)9-15-21;21-19(23-15-9-3-1-4-10-15)17-13-7-8-14-18(17)20(22)24-16-11-5-2-6-12-16/h13-14,17-18H,3-12,15-16,19-20H2,1-2H3;4-15H,1-3H3;7-8,13-16H,1-6,9-12H2. The molecule has 5 aromatic carbocycles. The van der Waals surface area contributed by atoms with Crippen LogP contribution in [-0.4, -0.2) is 49.3 Å². The number of esters is 4. The first-order valence-corrected chi connectivity index (χ1v) is 30.2. The lowest BCUT2D eigenvalue weighted by molar-refractivity contribution is 0.0164. The number of benzene rings is 5. The maximum atomic E-state index is 13.3. The number of unbranched alkanes of at least 4 members (excludes halogenated alkanes) is 10. The zero-order chi connectivity index (χ0) is 55.8. The summed E-state index contributed by atoms with van der Waals surface area (Å²) >= 11 is 0. The van der Waals surface area contributed by atoms with E-state index in [9.17, 15) is 23.7 Å². The fourth-order valence-corrected chi connectivity index (χ4v) is 10.2. The first-order valence-electron chi connectivity index (χ1n) is 28.7. The minimum absolute atomic E-state index is 0.0197. The van der Waals surface area contributed by atoms with Gasteiger partial charge in [-0.1, -0.05) is 168 Å². The van der Waals surface area contributed by atoms with Gasteiger partial charge in [0.2, 0.25) is 0 Å². The second kappa shape index (κ2) is 35.2. The van der Waals surface area contributed by atoms with Crippen molar-refractivity contribution in [1.82, 2.24) is 0 Å². The number of carbonyl (C=O) groups excluding carboxylic acids is 4. The summed E-state index contributed by atoms with van der Waals surface area (Å²) < 4.78 is 52.2. The molecule has 7 rings (SSSR count). The molecule has 422 valence electrons. The predicted molar refractivity (Wildman–Crippen MR) is 308 cm³/mol. The molecule has 5 aromatic rings. The van der Waals surface area contributed by atoms with Gasteiger partial charge in [-0.15, -0.1) is 0 Å². The molecular weight excluding hydrogens is 1000 g/mol. The summed E-state index contributed by atoms with van der Waals surface area (Å²) in [5, 5.41) is 0. The molecule has 0 atom stereocenters. The zero-order valence-corrected chi connectivity index (χ0v) is 47.9. The Labute approximate surface area is 464 Å². The van der Waals surface area contributed by atoms with E-state index in [1.807, 2.05) is 57.2 Å². The lowest BCUT2D eigenvalue weighted by Gasteiger charge is -2.23. The Morgan fingerprint density at radius 1 is 0.385 bits per heavy atom. The van der Waals surface area contributed by atoms with Gasteiger partial charge >= 0.3 is 31.7 Å². The SMILES string of the molecule is CCCCCCCCOC(=O)c1ccccc1C(=O)OCCCCCCCC.Cc1ccc(OP(=O)(Oc2ccc(C)cc2)Oc2ccc(C)cc2)cc1.O=C(OC1CCCCC1)c1ccccc1C(=O)OC1CCCCC1. The molecule has 12 nitrogen and oxygen atoms in total. The van der Waals surface area contributed by atoms with Crippen LogP contribution in [-0.2, 0) is 23.5 Å². The van der Waals surface area contributed by atoms with E-state index in [1.165, 1.54) is 64.2 Å². The molecule has 0 amide bonds. The van der Waals surface area contributed by atoms with Crippen molar-refractivity contribution < 1.29 is 56.3 Å². The lowest BCUT2D eigenvalue weighted by atomic mass is 9.97. The van der Waals surface area contributed by atoms with E-state index in [4.69, 9.17) is 32.5 Å². The van der Waals surface area contributed by atoms with Gasteiger partial charge in [-0.3, -0.25) is 0 Å². The number of aryl methyl sites for hydroxylation is 3. The Bertz CT molecular complexity index is 2360. The van der Waals surface area contributed by atoms with E-state index < -0.39 is 31.7 Å². The molecule has 0 saturated heterocycles. The number of carbonyl (C=O) groups is 4. The molecule has 0 aromatic heterocycles. The Kier molecular flexibility index (Phi) is 28.2. The summed E-state index contributed by atoms with van der Waals surface area (Å²) in [6.45, 7) is 11.1. The van der Waals surface area contributed by atoms with E-state index in [0.717, 1.165) is 93.7 Å². The van der Waals surface area contributed by atoms with Crippen LogP contribution in [0.5, 0.6) is 17.2 Å². The minimum atomic E-state index is -3.93. The zero-order valence-electron chi connectivity index (χ0n) is 47.0. The van der Waals surface area contributed by atoms with E-state index in [-0.39, 0.29) is 12.2 Å². The Hall–Kier alpha value is -6.39. The van der Waals surface area contributed by atoms with Crippen molar-refractivity contribution in [2.45, 2.75) is 188 Å². The predicted octanol–water partition coefficient (Wildman–Crippen LogP) is 17.6. The quantitative estimate of drug-likeness (QED) is 0.0224. The molecule has 0 bridgehead atoms. The van der Waals surface area contributed by atoms with Gasteiger partial charge in [0.1, 0.15) is 29.5 Å². The summed E-state index contributed by atoms with van der Waals surface area (Å²) in [7, 11) is -3.93. The highest BCUT2D eigenvalue weighted by Gasteiger charge is 2.33. The highest BCUT2D eigenvalue weighted by Crippen LogP contribution is 2.50. The maximum Gasteiger partial charge on any atom is 0.647 e. The van der Waals surface area contributed by atoms with Crippen molar-refractivity contribution in [3.63, 3.8) is 0 Å². The van der Waals surface area contributed by atoms with Crippen molar-refractivity contribution >= 4 is 31.7 Å². The normalized spacial score (nSPS) is 13.6. The number of ether oxygens (including phenoxy) is 4. The second-order valence-corrected chi connectivity index (χ2v) is 21.8. The number of phosphoric acid groups is 1. The van der Waals surface area contributed by atoms with Crippen molar-refractivity contribution in [3.05, 3.63) is 160 Å². The van der Waals surface area contributed by atoms with Gasteiger partial charge < -0.3 is 32.5 Å². The molecule has 0 heterocycles. The van der Waals surface area contributed by atoms with Crippen molar-refractivity contribution in [2.75, 3.05) is 13.2 Å². The molecule has 13 heteroatoms. The molecule has 2 saturated carbocycles. The van der Waals surface area contributed by atoms with E-state index in [2.05, 4.69) is 13.8 Å². The molecular formula is C65H85O12P. The molecule has 0 radical (unpaired) electrons. The Balaban J connectivity index is 0.000000216. The third kappa shape index (κ3) is 23.3. The Morgan fingerprint density at radius 3 is 0.974 bits per heavy atom. The van der Waals surface area contributed by atoms with Gasteiger partial charge in [0.15, 0.2) is 0 Å². The summed E-state index contributed by atoms with van der Waals surface area (Å²) in [5.41, 5.74) is 4.46. The van der Waals surface area contributed by atoms with Crippen LogP contribution in [0.15, 0.2) is 121 Å². The monoisotopic (exact) mass is 1090 g/mol. The average molecular weight is 1090 g/mol. The van der Waals surface area contributed by atoms with Crippen molar-refractivity contribution in [3.8, 4) is 17.2 Å². The summed E-state index contributed by atoms with van der Waals surface area (Å²) in [5.74, 6) is -0.452. The molecule has 0 N–H and O–H groups in total. The summed E-state index contributed by atoms with van der Waals surface area (Å²) in [6.07, 6.45) is 24.1. The van der Waals surface area contributed by atoms with E-state index in [1.54, 1.807) is 84.9 Å². The van der Waals surface area contributed by atoms with Gasteiger partial charge in [-0.25, -0.2) is 19.2 Å². The van der Waals surface area contributed by atoms with Crippen LogP contribution in [0, 0.1) is 20.8 Å². The molecule has 2 aliphatic carbocycles. The van der Waals surface area contributed by atoms with Gasteiger partial charge in [0, 0.05) is 0 Å². The maximum absolute atomic E-state index is 13.3. The van der Waals surface area contributed by atoms with Crippen LogP contribution in [0.4, 0.5) is 0 Å². The van der Waals surface area contributed by atoms with Gasteiger partial charge in [-0.2, -0.15) is 4.57 Å². The highest BCUT2D eigenvalue weighted by atomic mass is 31.2. The van der Waals surface area contributed by atoms with Crippen molar-refractivity contribution in [1.29, 1.82) is 0 Å². The summed E-state index contributed by atoms with van der Waals surface area (Å²) in [6, 6.07) is 35.2. The molecule has 0 spiro atoms. The van der Waals surface area contributed by atoms with Gasteiger partial charge in [-0.05, 0) is 146 Å². The largest absolute Gasteiger partial charge is 0.647 e. The Morgan fingerprint density at radius 2 is 0.667 bits per heavy atom. The molecule has 0 unspecified atom stereocenters. The van der Waals surface area contributed by atoms with Gasteiger partial charge in [0.25, 0.3) is 0 Å². The number of hydrogen-bond donors (Lipinski definition) is 0. The van der Waals surface area contributed by atoms with E-state index >= 15 is 0 Å². The smallest absolute Gasteiger partial charge is 0.462 e. The first kappa shape index (κ1) is 62.5. The highest BCUT2D eigenvalue weighted by molar-refractivity contribution is 7.49. The van der Waals surface area contributed by atoms with Crippen LogP contribution in [0.1, 0.15) is 213 Å². The third-order valence-electron chi connectivity index (χ3n) is 13.6. The first-order chi connectivity index (χ1) is 37.9. The lowest BCUT2D eigenvalue weighted by Crippen LogP contribution is -2.24. The fourth-order valence-electron chi connectivity index (χ4n) is 8.96. The van der Waals surface area contributed by atoms with Gasteiger partial charge in [0.05, 0.1) is 35.5 Å². The average Bonchev–Trinajstić information content (AvgIpc) is 3.46. The summed E-state index contributed by atoms with van der Waals surface area (Å²) in [4.78, 5) is 49.7. The van der Waals surface area contributed by atoms with Crippen LogP contribution in [0.3, 0.4) is 0 Å². The minimum Gasteiger partial charge on any atom is -0.462 e.